The van der Waals surface area contributed by atoms with Gasteiger partial charge in [0.15, 0.2) is 0 Å². The van der Waals surface area contributed by atoms with Crippen molar-refractivity contribution in [1.29, 1.82) is 0 Å². The molecule has 0 saturated heterocycles. The number of rotatable bonds is 6. The molecule has 4 aromatic rings. The molecule has 0 unspecified atom stereocenters. The molecule has 39 heavy (non-hydrogen) atoms. The van der Waals surface area contributed by atoms with Crippen molar-refractivity contribution in [3.05, 3.63) is 108 Å². The van der Waals surface area contributed by atoms with Crippen LogP contribution in [0.4, 0.5) is 0 Å². The van der Waals surface area contributed by atoms with Crippen molar-refractivity contribution in [2.24, 2.45) is 0 Å². The number of nitrogens with zero attached hydrogens (tertiary/aromatic N) is 3. The molecule has 3 aromatic carbocycles. The number of fused-ring (bicyclic) bond motifs is 2. The Bertz CT molecular complexity index is 1790. The van der Waals surface area contributed by atoms with Crippen LogP contribution in [-0.2, 0) is 11.3 Å². The van der Waals surface area contributed by atoms with Crippen molar-refractivity contribution in [1.82, 2.24) is 14.0 Å². The Hall–Kier alpha value is -4.50. The van der Waals surface area contributed by atoms with Gasteiger partial charge in [0, 0.05) is 13.1 Å². The number of benzene rings is 3. The van der Waals surface area contributed by atoms with Gasteiger partial charge in [-0.2, -0.15) is 0 Å². The first-order valence-electron chi connectivity index (χ1n) is 12.3. The van der Waals surface area contributed by atoms with Crippen molar-refractivity contribution in [2.75, 3.05) is 13.2 Å². The maximum Gasteiger partial charge on any atom is 0.338 e. The van der Waals surface area contributed by atoms with Gasteiger partial charge in [0.1, 0.15) is 0 Å². The zero-order chi connectivity index (χ0) is 28.0. The minimum absolute atomic E-state index is 0.0941. The molecule has 1 aliphatic heterocycles. The third-order valence-corrected chi connectivity index (χ3v) is 7.20. The maximum atomic E-state index is 13.9. The quantitative estimate of drug-likeness (QED) is 0.269. The van der Waals surface area contributed by atoms with Gasteiger partial charge in [0.05, 0.1) is 44.9 Å². The second kappa shape index (κ2) is 9.99. The highest BCUT2D eigenvalue weighted by Crippen LogP contribution is 2.26. The van der Waals surface area contributed by atoms with E-state index in [1.165, 1.54) is 4.57 Å². The minimum atomic E-state index is -0.695. The predicted molar refractivity (Wildman–Crippen MR) is 146 cm³/mol. The van der Waals surface area contributed by atoms with Crippen LogP contribution in [-0.4, -0.2) is 45.0 Å². The number of para-hydroxylation sites is 1. The number of amides is 2. The lowest BCUT2D eigenvalue weighted by molar-refractivity contribution is 0.0523. The van der Waals surface area contributed by atoms with Crippen LogP contribution < -0.4 is 11.2 Å². The number of aromatic nitrogens is 2. The predicted octanol–water partition coefficient (Wildman–Crippen LogP) is 3.90. The number of ether oxygens (including phenoxy) is 1. The summed E-state index contributed by atoms with van der Waals surface area (Å²) in [5.41, 5.74) is 0.792. The molecule has 198 valence electrons. The number of carbonyl (C=O) groups is 3. The molecule has 0 saturated carbocycles. The smallest absolute Gasteiger partial charge is 0.338 e. The van der Waals surface area contributed by atoms with Gasteiger partial charge in [-0.05, 0) is 62.2 Å². The monoisotopic (exact) mass is 545 g/mol. The Kier molecular flexibility index (Phi) is 6.69. The Morgan fingerprint density at radius 3 is 2.13 bits per heavy atom. The third kappa shape index (κ3) is 4.15. The molecular weight excluding hydrogens is 522 g/mol. The molecule has 0 atom stereocenters. The van der Waals surface area contributed by atoms with E-state index in [0.29, 0.717) is 22.3 Å². The number of halogens is 1. The average molecular weight is 546 g/mol. The van der Waals surface area contributed by atoms with Gasteiger partial charge >= 0.3 is 11.7 Å². The van der Waals surface area contributed by atoms with Crippen molar-refractivity contribution >= 4 is 40.3 Å². The second-order valence-corrected chi connectivity index (χ2v) is 9.55. The first-order chi connectivity index (χ1) is 18.7. The molecule has 10 heteroatoms. The standard InChI is InChI=1S/C29H24ClN3O6/c1-4-39-28(37)23-16(2)15-22-24(17(23)3)27(36)33(21-12-8-7-11-20(21)30)29(38)31(22)13-14-32-25(34)18-9-5-6-10-19(18)26(32)35/h5-12,15H,4,13-14H2,1-3H3. The molecule has 0 bridgehead atoms. The summed E-state index contributed by atoms with van der Waals surface area (Å²) < 4.78 is 7.50. The van der Waals surface area contributed by atoms with Crippen LogP contribution in [0.5, 0.6) is 0 Å². The molecular formula is C29H24ClN3O6. The van der Waals surface area contributed by atoms with Crippen LogP contribution in [0, 0.1) is 13.8 Å². The lowest BCUT2D eigenvalue weighted by Crippen LogP contribution is -2.42. The molecule has 1 aliphatic rings. The molecule has 2 amide bonds. The summed E-state index contributed by atoms with van der Waals surface area (Å²) >= 11 is 6.39. The topological polar surface area (TPSA) is 108 Å². The fourth-order valence-corrected chi connectivity index (χ4v) is 5.31. The summed E-state index contributed by atoms with van der Waals surface area (Å²) in [6.45, 7) is 4.95. The minimum Gasteiger partial charge on any atom is -0.462 e. The van der Waals surface area contributed by atoms with E-state index in [1.54, 1.807) is 75.4 Å². The highest BCUT2D eigenvalue weighted by atomic mass is 35.5. The lowest BCUT2D eigenvalue weighted by atomic mass is 9.98. The molecule has 0 fully saturated rings. The first kappa shape index (κ1) is 26.1. The Labute approximate surface area is 227 Å². The SMILES string of the molecule is CCOC(=O)c1c(C)cc2c(c1C)c(=O)n(-c1ccccc1Cl)c(=O)n2CCN1C(=O)c2ccccc2C1=O. The summed E-state index contributed by atoms with van der Waals surface area (Å²) in [6, 6.07) is 14.5. The van der Waals surface area contributed by atoms with E-state index < -0.39 is 29.0 Å². The molecule has 0 radical (unpaired) electrons. The van der Waals surface area contributed by atoms with Crippen LogP contribution in [0.3, 0.4) is 0 Å². The Morgan fingerprint density at radius 2 is 1.51 bits per heavy atom. The highest BCUT2D eigenvalue weighted by Gasteiger charge is 2.35. The third-order valence-electron chi connectivity index (χ3n) is 6.88. The summed E-state index contributed by atoms with van der Waals surface area (Å²) in [5, 5.41) is 0.309. The highest BCUT2D eigenvalue weighted by molar-refractivity contribution is 6.32. The number of hydrogen-bond acceptors (Lipinski definition) is 6. The number of carbonyl (C=O) groups excluding carboxylic acids is 3. The van der Waals surface area contributed by atoms with E-state index in [4.69, 9.17) is 16.3 Å². The molecule has 0 N–H and O–H groups in total. The maximum absolute atomic E-state index is 13.9. The van der Waals surface area contributed by atoms with Gasteiger partial charge in [-0.15, -0.1) is 0 Å². The summed E-state index contributed by atoms with van der Waals surface area (Å²) in [4.78, 5) is 67.5. The van der Waals surface area contributed by atoms with Crippen molar-refractivity contribution < 1.29 is 19.1 Å². The zero-order valence-corrected chi connectivity index (χ0v) is 22.2. The van der Waals surface area contributed by atoms with Crippen molar-refractivity contribution in [3.63, 3.8) is 0 Å². The van der Waals surface area contributed by atoms with E-state index in [-0.39, 0.29) is 46.9 Å². The van der Waals surface area contributed by atoms with Crippen LogP contribution >= 0.6 is 11.6 Å². The lowest BCUT2D eigenvalue weighted by Gasteiger charge is -2.20. The van der Waals surface area contributed by atoms with Crippen molar-refractivity contribution in [3.8, 4) is 5.69 Å². The van der Waals surface area contributed by atoms with Crippen LogP contribution in [0.25, 0.3) is 16.6 Å². The fourth-order valence-electron chi connectivity index (χ4n) is 5.09. The average Bonchev–Trinajstić information content (AvgIpc) is 3.14. The first-order valence-corrected chi connectivity index (χ1v) is 12.7. The molecule has 2 heterocycles. The number of hydrogen-bond donors (Lipinski definition) is 0. The molecule has 0 spiro atoms. The van der Waals surface area contributed by atoms with Crippen LogP contribution in [0.2, 0.25) is 5.02 Å². The molecule has 1 aromatic heterocycles. The number of aryl methyl sites for hydroxylation is 2. The zero-order valence-electron chi connectivity index (χ0n) is 21.5. The van der Waals surface area contributed by atoms with Crippen LogP contribution in [0.15, 0.2) is 64.2 Å². The van der Waals surface area contributed by atoms with Gasteiger partial charge in [0.25, 0.3) is 17.4 Å². The van der Waals surface area contributed by atoms with Crippen molar-refractivity contribution in [2.45, 2.75) is 27.3 Å². The largest absolute Gasteiger partial charge is 0.462 e. The van der Waals surface area contributed by atoms with Crippen LogP contribution in [0.1, 0.15) is 49.1 Å². The van der Waals surface area contributed by atoms with Gasteiger partial charge < -0.3 is 4.74 Å². The number of imide groups is 1. The van der Waals surface area contributed by atoms with E-state index in [0.717, 1.165) is 9.47 Å². The van der Waals surface area contributed by atoms with E-state index >= 15 is 0 Å². The Balaban J connectivity index is 1.73. The molecule has 9 nitrogen and oxygen atoms in total. The summed E-state index contributed by atoms with van der Waals surface area (Å²) in [6.07, 6.45) is 0. The fraction of sp³-hybridized carbons (Fsp3) is 0.207. The number of esters is 1. The van der Waals surface area contributed by atoms with Gasteiger partial charge in [-0.3, -0.25) is 23.9 Å². The van der Waals surface area contributed by atoms with Gasteiger partial charge in [0.2, 0.25) is 0 Å². The summed E-state index contributed by atoms with van der Waals surface area (Å²) in [5.74, 6) is -1.49. The second-order valence-electron chi connectivity index (χ2n) is 9.14. The van der Waals surface area contributed by atoms with E-state index in [9.17, 15) is 24.0 Å². The van der Waals surface area contributed by atoms with Gasteiger partial charge in [-0.1, -0.05) is 35.9 Å². The normalized spacial score (nSPS) is 12.8. The Morgan fingerprint density at radius 1 is 0.897 bits per heavy atom. The van der Waals surface area contributed by atoms with Gasteiger partial charge in [-0.25, -0.2) is 14.2 Å². The summed E-state index contributed by atoms with van der Waals surface area (Å²) in [7, 11) is 0. The molecule has 5 rings (SSSR count). The van der Waals surface area contributed by atoms with E-state index in [1.807, 2.05) is 0 Å². The van der Waals surface area contributed by atoms with E-state index in [2.05, 4.69) is 0 Å². The molecule has 0 aliphatic carbocycles.